The van der Waals surface area contributed by atoms with Crippen molar-refractivity contribution in [1.29, 1.82) is 0 Å². The summed E-state index contributed by atoms with van der Waals surface area (Å²) in [7, 11) is 0. The molecule has 2 aromatic rings. The Labute approximate surface area is 87.5 Å². The molecule has 0 saturated carbocycles. The van der Waals surface area contributed by atoms with Gasteiger partial charge in [-0.2, -0.15) is 0 Å². The maximum atomic E-state index is 13.4. The number of benzene rings is 2. The fourth-order valence-electron chi connectivity index (χ4n) is 1.62. The SMILES string of the molecule is CCC(F)(F)c1ccc2ccccc2c1. The van der Waals surface area contributed by atoms with Gasteiger partial charge in [-0.3, -0.25) is 0 Å². The molecule has 0 aromatic heterocycles. The van der Waals surface area contributed by atoms with E-state index in [1.807, 2.05) is 24.3 Å². The molecule has 0 bridgehead atoms. The van der Waals surface area contributed by atoms with Gasteiger partial charge in [-0.15, -0.1) is 0 Å². The van der Waals surface area contributed by atoms with E-state index in [-0.39, 0.29) is 12.0 Å². The van der Waals surface area contributed by atoms with Gasteiger partial charge in [0.2, 0.25) is 0 Å². The normalized spacial score (nSPS) is 11.9. The fourth-order valence-corrected chi connectivity index (χ4v) is 1.62. The van der Waals surface area contributed by atoms with E-state index >= 15 is 0 Å². The van der Waals surface area contributed by atoms with E-state index in [1.165, 1.54) is 13.0 Å². The lowest BCUT2D eigenvalue weighted by Gasteiger charge is -2.14. The molecule has 15 heavy (non-hydrogen) atoms. The number of alkyl halides is 2. The Morgan fingerprint density at radius 1 is 1.00 bits per heavy atom. The van der Waals surface area contributed by atoms with Gasteiger partial charge in [0.05, 0.1) is 0 Å². The molecule has 2 rings (SSSR count). The summed E-state index contributed by atoms with van der Waals surface area (Å²) >= 11 is 0. The van der Waals surface area contributed by atoms with E-state index in [0.29, 0.717) is 0 Å². The first kappa shape index (κ1) is 10.1. The molecule has 0 nitrogen and oxygen atoms in total. The highest BCUT2D eigenvalue weighted by molar-refractivity contribution is 5.83. The molecule has 2 heteroatoms. The first-order valence-corrected chi connectivity index (χ1v) is 5.00. The topological polar surface area (TPSA) is 0 Å². The van der Waals surface area contributed by atoms with Crippen molar-refractivity contribution in [3.8, 4) is 0 Å². The minimum absolute atomic E-state index is 0.101. The molecule has 0 aliphatic heterocycles. The molecule has 0 fully saturated rings. The second-order valence-corrected chi connectivity index (χ2v) is 3.62. The second-order valence-electron chi connectivity index (χ2n) is 3.62. The van der Waals surface area contributed by atoms with Crippen molar-refractivity contribution in [1.82, 2.24) is 0 Å². The van der Waals surface area contributed by atoms with Crippen molar-refractivity contribution >= 4 is 10.8 Å². The molecule has 0 aliphatic rings. The number of fused-ring (bicyclic) bond motifs is 1. The van der Waals surface area contributed by atoms with Gasteiger partial charge in [0, 0.05) is 12.0 Å². The van der Waals surface area contributed by atoms with Crippen LogP contribution in [0.5, 0.6) is 0 Å². The van der Waals surface area contributed by atoms with Crippen LogP contribution in [0.25, 0.3) is 10.8 Å². The van der Waals surface area contributed by atoms with E-state index in [4.69, 9.17) is 0 Å². The molecule has 0 atom stereocenters. The Bertz CT molecular complexity index is 475. The van der Waals surface area contributed by atoms with Crippen LogP contribution in [-0.2, 0) is 5.92 Å². The van der Waals surface area contributed by atoms with Gasteiger partial charge in [0.25, 0.3) is 5.92 Å². The van der Waals surface area contributed by atoms with E-state index in [9.17, 15) is 8.78 Å². The second kappa shape index (κ2) is 3.61. The maximum Gasteiger partial charge on any atom is 0.273 e. The van der Waals surface area contributed by atoms with E-state index in [2.05, 4.69) is 0 Å². The third-order valence-electron chi connectivity index (χ3n) is 2.62. The predicted octanol–water partition coefficient (Wildman–Crippen LogP) is 4.34. The summed E-state index contributed by atoms with van der Waals surface area (Å²) in [6.07, 6.45) is -0.161. The van der Waals surface area contributed by atoms with E-state index < -0.39 is 5.92 Å². The van der Waals surface area contributed by atoms with Gasteiger partial charge >= 0.3 is 0 Å². The van der Waals surface area contributed by atoms with Gasteiger partial charge in [-0.05, 0) is 16.8 Å². The molecule has 78 valence electrons. The van der Waals surface area contributed by atoms with Gasteiger partial charge < -0.3 is 0 Å². The lowest BCUT2D eigenvalue weighted by molar-refractivity contribution is -0.00815. The van der Waals surface area contributed by atoms with Gasteiger partial charge in [0.15, 0.2) is 0 Å². The molecule has 0 saturated heterocycles. The maximum absolute atomic E-state index is 13.4. The van der Waals surface area contributed by atoms with Crippen LogP contribution in [0.2, 0.25) is 0 Å². The van der Waals surface area contributed by atoms with Crippen LogP contribution < -0.4 is 0 Å². The summed E-state index contributed by atoms with van der Waals surface area (Å²) in [6, 6.07) is 12.4. The van der Waals surface area contributed by atoms with Gasteiger partial charge in [-0.25, -0.2) is 8.78 Å². The van der Waals surface area contributed by atoms with Crippen LogP contribution in [0, 0.1) is 0 Å². The minimum atomic E-state index is -2.72. The zero-order valence-corrected chi connectivity index (χ0v) is 8.50. The van der Waals surface area contributed by atoms with Crippen LogP contribution in [-0.4, -0.2) is 0 Å². The Hall–Kier alpha value is -1.44. The Morgan fingerprint density at radius 3 is 2.33 bits per heavy atom. The van der Waals surface area contributed by atoms with Crippen LogP contribution in [0.1, 0.15) is 18.9 Å². The van der Waals surface area contributed by atoms with E-state index in [0.717, 1.165) is 10.8 Å². The third kappa shape index (κ3) is 1.84. The summed E-state index contributed by atoms with van der Waals surface area (Å²) in [6.45, 7) is 1.50. The average Bonchev–Trinajstić information content (AvgIpc) is 2.28. The standard InChI is InChI=1S/C13H12F2/c1-2-13(14,15)12-8-7-10-5-3-4-6-11(10)9-12/h3-9H,2H2,1H3. The molecule has 0 aliphatic carbocycles. The lowest BCUT2D eigenvalue weighted by atomic mass is 10.0. The first-order chi connectivity index (χ1) is 7.13. The molecule has 0 heterocycles. The van der Waals surface area contributed by atoms with Crippen molar-refractivity contribution in [3.05, 3.63) is 48.0 Å². The number of hydrogen-bond donors (Lipinski definition) is 0. The molecule has 0 spiro atoms. The number of rotatable bonds is 2. The van der Waals surface area contributed by atoms with Crippen LogP contribution >= 0.6 is 0 Å². The number of hydrogen-bond acceptors (Lipinski definition) is 0. The summed E-state index contributed by atoms with van der Waals surface area (Å²) in [4.78, 5) is 0. The van der Waals surface area contributed by atoms with Crippen molar-refractivity contribution in [2.24, 2.45) is 0 Å². The molecule has 2 aromatic carbocycles. The largest absolute Gasteiger partial charge is 0.273 e. The third-order valence-corrected chi connectivity index (χ3v) is 2.62. The predicted molar refractivity (Wildman–Crippen MR) is 58.1 cm³/mol. The van der Waals surface area contributed by atoms with Gasteiger partial charge in [0.1, 0.15) is 0 Å². The van der Waals surface area contributed by atoms with Crippen molar-refractivity contribution in [2.75, 3.05) is 0 Å². The minimum Gasteiger partial charge on any atom is -0.201 e. The molecular formula is C13H12F2. The monoisotopic (exact) mass is 206 g/mol. The summed E-state index contributed by atoms with van der Waals surface area (Å²) < 4.78 is 26.8. The fraction of sp³-hybridized carbons (Fsp3) is 0.231. The number of halogens is 2. The highest BCUT2D eigenvalue weighted by Gasteiger charge is 2.28. The average molecular weight is 206 g/mol. The highest BCUT2D eigenvalue weighted by atomic mass is 19.3. The van der Waals surface area contributed by atoms with Crippen LogP contribution in [0.15, 0.2) is 42.5 Å². The summed E-state index contributed by atoms with van der Waals surface area (Å²) in [5, 5.41) is 1.86. The molecular weight excluding hydrogens is 194 g/mol. The summed E-state index contributed by atoms with van der Waals surface area (Å²) in [5.74, 6) is -2.72. The van der Waals surface area contributed by atoms with Crippen LogP contribution in [0.3, 0.4) is 0 Å². The van der Waals surface area contributed by atoms with Crippen molar-refractivity contribution in [3.63, 3.8) is 0 Å². The zero-order chi connectivity index (χ0) is 10.9. The lowest BCUT2D eigenvalue weighted by Crippen LogP contribution is -2.10. The van der Waals surface area contributed by atoms with Gasteiger partial charge in [-0.1, -0.05) is 43.3 Å². The van der Waals surface area contributed by atoms with Crippen LogP contribution in [0.4, 0.5) is 8.78 Å². The van der Waals surface area contributed by atoms with E-state index in [1.54, 1.807) is 12.1 Å². The molecule has 0 amide bonds. The Kier molecular flexibility index (Phi) is 2.43. The zero-order valence-electron chi connectivity index (χ0n) is 8.50. The Morgan fingerprint density at radius 2 is 1.67 bits per heavy atom. The van der Waals surface area contributed by atoms with Crippen molar-refractivity contribution < 1.29 is 8.78 Å². The molecule has 0 radical (unpaired) electrons. The van der Waals surface area contributed by atoms with Crippen molar-refractivity contribution in [2.45, 2.75) is 19.3 Å². The Balaban J connectivity index is 2.56. The molecule has 0 N–H and O–H groups in total. The first-order valence-electron chi connectivity index (χ1n) is 5.00. The quantitative estimate of drug-likeness (QED) is 0.685. The highest BCUT2D eigenvalue weighted by Crippen LogP contribution is 2.32. The molecule has 0 unspecified atom stereocenters. The smallest absolute Gasteiger partial charge is 0.201 e. The summed E-state index contributed by atoms with van der Waals surface area (Å²) in [5.41, 5.74) is 0.101.